The van der Waals surface area contributed by atoms with E-state index in [4.69, 9.17) is 9.84 Å². The molecular weight excluding hydrogens is 436 g/mol. The number of hydrazine groups is 1. The Morgan fingerprint density at radius 1 is 1.21 bits per heavy atom. The average Bonchev–Trinajstić information content (AvgIpc) is 2.97. The number of aromatic carboxylic acids is 1. The van der Waals surface area contributed by atoms with Crippen molar-refractivity contribution >= 4 is 11.9 Å². The zero-order valence-electron chi connectivity index (χ0n) is 18.8. The van der Waals surface area contributed by atoms with Gasteiger partial charge < -0.3 is 19.9 Å². The second kappa shape index (κ2) is 10.1. The molecule has 10 heteroatoms. The first kappa shape index (κ1) is 24.4. The zero-order chi connectivity index (χ0) is 24.3. The fourth-order valence-electron chi connectivity index (χ4n) is 3.67. The van der Waals surface area contributed by atoms with E-state index in [1.54, 1.807) is 50.3 Å². The number of nitrogens with zero attached hydrogens (tertiary/aromatic N) is 2. The Balaban J connectivity index is 1.78. The lowest BCUT2D eigenvalue weighted by Crippen LogP contribution is -2.37. The monoisotopic (exact) mass is 463 g/mol. The van der Waals surface area contributed by atoms with Crippen LogP contribution in [0, 0.1) is 0 Å². The van der Waals surface area contributed by atoms with Crippen LogP contribution in [0.2, 0.25) is 0 Å². The van der Waals surface area contributed by atoms with Crippen LogP contribution in [0.25, 0.3) is 0 Å². The van der Waals surface area contributed by atoms with Gasteiger partial charge in [0.2, 0.25) is 5.88 Å². The molecule has 33 heavy (non-hydrogen) atoms. The Hall–Kier alpha value is -3.24. The number of hydrogen-bond acceptors (Lipinski definition) is 6. The summed E-state index contributed by atoms with van der Waals surface area (Å²) in [5, 5.41) is 15.5. The molecule has 0 radical (unpaired) electrons. The summed E-state index contributed by atoms with van der Waals surface area (Å²) in [5.74, 6) is -0.677. The van der Waals surface area contributed by atoms with Crippen LogP contribution in [-0.2, 0) is 14.3 Å². The van der Waals surface area contributed by atoms with Crippen LogP contribution in [0.3, 0.4) is 0 Å². The molecule has 0 spiro atoms. The van der Waals surface area contributed by atoms with Crippen molar-refractivity contribution in [2.75, 3.05) is 14.1 Å². The summed E-state index contributed by atoms with van der Waals surface area (Å²) in [6, 6.07) is 5.57. The molecule has 1 aliphatic carbocycles. The van der Waals surface area contributed by atoms with Gasteiger partial charge in [-0.15, -0.1) is 0 Å². The highest BCUT2D eigenvalue weighted by molar-refractivity contribution is 5.95. The molecule has 0 saturated heterocycles. The molecule has 1 aromatic carbocycles. The summed E-state index contributed by atoms with van der Waals surface area (Å²) in [6.07, 6.45) is 4.04. The predicted octanol–water partition coefficient (Wildman–Crippen LogP) is 3.42. The van der Waals surface area contributed by atoms with E-state index < -0.39 is 24.7 Å². The van der Waals surface area contributed by atoms with Gasteiger partial charge in [-0.25, -0.2) is 9.80 Å². The molecular formula is C23H27F2N3O5. The maximum absolute atomic E-state index is 13.2. The molecule has 8 nitrogen and oxygen atoms in total. The summed E-state index contributed by atoms with van der Waals surface area (Å²) >= 11 is 0. The van der Waals surface area contributed by atoms with E-state index in [1.165, 1.54) is 18.2 Å². The lowest BCUT2D eigenvalue weighted by molar-refractivity contribution is -0.151. The Bertz CT molecular complexity index is 990. The van der Waals surface area contributed by atoms with Gasteiger partial charge in [0.1, 0.15) is 5.76 Å². The van der Waals surface area contributed by atoms with E-state index in [2.05, 4.69) is 10.1 Å². The maximum atomic E-state index is 13.2. The van der Waals surface area contributed by atoms with Crippen LogP contribution >= 0.6 is 0 Å². The van der Waals surface area contributed by atoms with E-state index in [0.717, 1.165) is 5.56 Å². The molecule has 1 amide bonds. The van der Waals surface area contributed by atoms with E-state index in [0.29, 0.717) is 17.2 Å². The number of ether oxygens (including phenoxy) is 2. The fourth-order valence-corrected chi connectivity index (χ4v) is 3.67. The Morgan fingerprint density at radius 2 is 1.88 bits per heavy atom. The number of allylic oxidation sites excluding steroid dienone is 2. The van der Waals surface area contributed by atoms with Crippen molar-refractivity contribution in [1.82, 2.24) is 15.3 Å². The van der Waals surface area contributed by atoms with Gasteiger partial charge in [-0.1, -0.05) is 24.3 Å². The summed E-state index contributed by atoms with van der Waals surface area (Å²) in [5.41, 5.74) is 1.29. The SMILES string of the molecule is CC1C(C(=O)N[C@@H](C)c2ccc(C(=O)O)cc2)=C(OC2=CC=CC(OC(F)F)C2)N(C)N1C. The highest BCUT2D eigenvalue weighted by Crippen LogP contribution is 2.32. The molecule has 2 aliphatic rings. The Kier molecular flexibility index (Phi) is 7.50. The number of amides is 1. The number of benzene rings is 1. The van der Waals surface area contributed by atoms with Crippen LogP contribution < -0.4 is 5.32 Å². The van der Waals surface area contributed by atoms with Crippen LogP contribution in [-0.4, -0.2) is 59.9 Å². The van der Waals surface area contributed by atoms with Crippen molar-refractivity contribution in [3.63, 3.8) is 0 Å². The van der Waals surface area contributed by atoms with Crippen molar-refractivity contribution in [1.29, 1.82) is 0 Å². The predicted molar refractivity (Wildman–Crippen MR) is 116 cm³/mol. The first-order chi connectivity index (χ1) is 15.6. The summed E-state index contributed by atoms with van der Waals surface area (Å²) < 4.78 is 35.7. The van der Waals surface area contributed by atoms with E-state index in [1.807, 2.05) is 11.9 Å². The van der Waals surface area contributed by atoms with Gasteiger partial charge in [-0.3, -0.25) is 9.80 Å². The fraction of sp³-hybridized carbons (Fsp3) is 0.391. The van der Waals surface area contributed by atoms with Crippen molar-refractivity contribution in [2.24, 2.45) is 0 Å². The van der Waals surface area contributed by atoms with Crippen LogP contribution in [0.15, 0.2) is 59.7 Å². The minimum absolute atomic E-state index is 0.109. The molecule has 0 saturated carbocycles. The highest BCUT2D eigenvalue weighted by Gasteiger charge is 2.38. The molecule has 2 unspecified atom stereocenters. The third-order valence-corrected chi connectivity index (χ3v) is 5.74. The van der Waals surface area contributed by atoms with Crippen molar-refractivity contribution in [2.45, 2.75) is 45.1 Å². The first-order valence-corrected chi connectivity index (χ1v) is 10.4. The van der Waals surface area contributed by atoms with E-state index in [-0.39, 0.29) is 23.9 Å². The van der Waals surface area contributed by atoms with Gasteiger partial charge >= 0.3 is 12.6 Å². The summed E-state index contributed by atoms with van der Waals surface area (Å²) in [4.78, 5) is 24.3. The molecule has 178 valence electrons. The quantitative estimate of drug-likeness (QED) is 0.610. The standard InChI is InChI=1S/C23H27F2N3O5/c1-13(15-8-10-16(11-9-15)22(30)31)26-20(29)19-14(2)27(3)28(4)21(19)32-17-6-5-7-18(12-17)33-23(24)25/h5-11,13-14,18,23H,12H2,1-4H3,(H,26,29)(H,30,31)/t13-,14?,18?/m0/s1. The van der Waals surface area contributed by atoms with Gasteiger partial charge in [0.15, 0.2) is 0 Å². The number of halogens is 2. The summed E-state index contributed by atoms with van der Waals surface area (Å²) in [7, 11) is 3.55. The number of carboxylic acid groups (broad SMARTS) is 1. The zero-order valence-corrected chi connectivity index (χ0v) is 18.8. The van der Waals surface area contributed by atoms with Crippen LogP contribution in [0.1, 0.15) is 42.2 Å². The van der Waals surface area contributed by atoms with Gasteiger partial charge in [0.05, 0.1) is 29.3 Å². The molecule has 1 aromatic rings. The average molecular weight is 463 g/mol. The third-order valence-electron chi connectivity index (χ3n) is 5.74. The topological polar surface area (TPSA) is 91.3 Å². The first-order valence-electron chi connectivity index (χ1n) is 10.4. The smallest absolute Gasteiger partial charge is 0.345 e. The minimum atomic E-state index is -2.90. The summed E-state index contributed by atoms with van der Waals surface area (Å²) in [6.45, 7) is 0.750. The van der Waals surface area contributed by atoms with Gasteiger partial charge in [-0.05, 0) is 37.6 Å². The number of hydrogen-bond donors (Lipinski definition) is 2. The molecule has 3 atom stereocenters. The van der Waals surface area contributed by atoms with Gasteiger partial charge in [0.25, 0.3) is 5.91 Å². The lowest BCUT2D eigenvalue weighted by atomic mass is 10.0. The molecule has 2 N–H and O–H groups in total. The molecule has 1 aliphatic heterocycles. The Morgan fingerprint density at radius 3 is 2.48 bits per heavy atom. The maximum Gasteiger partial charge on any atom is 0.345 e. The van der Waals surface area contributed by atoms with Crippen LogP contribution in [0.4, 0.5) is 8.78 Å². The minimum Gasteiger partial charge on any atom is -0.478 e. The van der Waals surface area contributed by atoms with Gasteiger partial charge in [0, 0.05) is 20.5 Å². The van der Waals surface area contributed by atoms with Crippen molar-refractivity contribution < 1.29 is 33.0 Å². The number of rotatable bonds is 8. The number of carbonyl (C=O) groups is 2. The van der Waals surface area contributed by atoms with Crippen molar-refractivity contribution in [3.8, 4) is 0 Å². The second-order valence-electron chi connectivity index (χ2n) is 7.87. The van der Waals surface area contributed by atoms with E-state index in [9.17, 15) is 18.4 Å². The van der Waals surface area contributed by atoms with Crippen molar-refractivity contribution in [3.05, 3.63) is 70.8 Å². The Labute approximate surface area is 190 Å². The third kappa shape index (κ3) is 5.58. The molecule has 0 bridgehead atoms. The van der Waals surface area contributed by atoms with Crippen LogP contribution in [0.5, 0.6) is 0 Å². The molecule has 1 heterocycles. The lowest BCUT2D eigenvalue weighted by Gasteiger charge is -2.27. The molecule has 0 fully saturated rings. The highest BCUT2D eigenvalue weighted by atomic mass is 19.3. The largest absolute Gasteiger partial charge is 0.478 e. The van der Waals surface area contributed by atoms with E-state index >= 15 is 0 Å². The number of carboxylic acids is 1. The van der Waals surface area contributed by atoms with Gasteiger partial charge in [-0.2, -0.15) is 8.78 Å². The number of alkyl halides is 2. The molecule has 3 rings (SSSR count). The number of nitrogens with one attached hydrogen (secondary N) is 1. The second-order valence-corrected chi connectivity index (χ2v) is 7.87. The number of likely N-dealkylation sites (N-methyl/N-ethyl adjacent to an activating group) is 1. The molecule has 0 aromatic heterocycles. The number of carbonyl (C=O) groups excluding carboxylic acids is 1. The normalized spacial score (nSPS) is 21.9.